The summed E-state index contributed by atoms with van der Waals surface area (Å²) in [7, 11) is 0. The van der Waals surface area contributed by atoms with Crippen molar-refractivity contribution in [2.24, 2.45) is 5.92 Å². The van der Waals surface area contributed by atoms with E-state index in [0.29, 0.717) is 24.0 Å². The molecule has 0 amide bonds. The maximum atomic E-state index is 13.5. The average Bonchev–Trinajstić information content (AvgIpc) is 3.37. The number of ether oxygens (including phenoxy) is 1. The molecule has 0 spiro atoms. The van der Waals surface area contributed by atoms with Crippen LogP contribution in [0.3, 0.4) is 0 Å². The van der Waals surface area contributed by atoms with E-state index in [2.05, 4.69) is 40.8 Å². The van der Waals surface area contributed by atoms with E-state index in [1.165, 1.54) is 24.2 Å². The second kappa shape index (κ2) is 10.6. The topological polar surface area (TPSA) is 63.5 Å². The highest BCUT2D eigenvalue weighted by Crippen LogP contribution is 2.32. The summed E-state index contributed by atoms with van der Waals surface area (Å²) in [5.74, 6) is 1.59. The smallest absolute Gasteiger partial charge is 0.281 e. The van der Waals surface area contributed by atoms with Gasteiger partial charge in [0.05, 0.1) is 31.3 Å². The summed E-state index contributed by atoms with van der Waals surface area (Å²) in [6, 6.07) is 10.9. The van der Waals surface area contributed by atoms with Crippen LogP contribution in [0.4, 0.5) is 0 Å². The molecular formula is C26H35N5O2S. The molecule has 0 radical (unpaired) electrons. The van der Waals surface area contributed by atoms with Crippen LogP contribution in [-0.2, 0) is 11.3 Å². The lowest BCUT2D eigenvalue weighted by molar-refractivity contribution is -0.00473. The SMILES string of the molecule is CCC(c1nc2scnc2c(=O)n1Cc1ccccc1)N1CCC(C(C)N2CCOCC2)CC1. The highest BCUT2D eigenvalue weighted by Gasteiger charge is 2.32. The van der Waals surface area contributed by atoms with Crippen molar-refractivity contribution in [1.29, 1.82) is 0 Å². The normalized spacial score (nSPS) is 20.5. The summed E-state index contributed by atoms with van der Waals surface area (Å²) in [6.07, 6.45) is 3.29. The fourth-order valence-electron chi connectivity index (χ4n) is 5.64. The minimum absolute atomic E-state index is 0.0284. The number of morpholine rings is 1. The van der Waals surface area contributed by atoms with Crippen molar-refractivity contribution >= 4 is 21.7 Å². The van der Waals surface area contributed by atoms with Gasteiger partial charge in [0.1, 0.15) is 5.82 Å². The zero-order valence-corrected chi connectivity index (χ0v) is 21.0. The summed E-state index contributed by atoms with van der Waals surface area (Å²) in [5.41, 5.74) is 3.29. The molecule has 0 aliphatic carbocycles. The molecule has 3 aromatic rings. The summed E-state index contributed by atoms with van der Waals surface area (Å²) >= 11 is 1.46. The van der Waals surface area contributed by atoms with Crippen LogP contribution < -0.4 is 5.56 Å². The quantitative estimate of drug-likeness (QED) is 0.512. The van der Waals surface area contributed by atoms with Crippen molar-refractivity contribution in [3.63, 3.8) is 0 Å². The van der Waals surface area contributed by atoms with Crippen molar-refractivity contribution in [3.8, 4) is 0 Å². The number of aromatic nitrogens is 3. The van der Waals surface area contributed by atoms with Crippen LogP contribution in [0.2, 0.25) is 0 Å². The second-order valence-electron chi connectivity index (χ2n) is 9.54. The number of rotatable bonds is 7. The van der Waals surface area contributed by atoms with Gasteiger partial charge in [-0.15, -0.1) is 11.3 Å². The number of nitrogens with zero attached hydrogens (tertiary/aromatic N) is 5. The molecule has 5 rings (SSSR count). The highest BCUT2D eigenvalue weighted by molar-refractivity contribution is 7.16. The van der Waals surface area contributed by atoms with Gasteiger partial charge in [-0.2, -0.15) is 0 Å². The maximum Gasteiger partial charge on any atom is 0.281 e. The Bertz CT molecular complexity index is 1130. The van der Waals surface area contributed by atoms with E-state index in [1.807, 2.05) is 22.8 Å². The fourth-order valence-corrected chi connectivity index (χ4v) is 6.29. The molecule has 2 aromatic heterocycles. The van der Waals surface area contributed by atoms with Gasteiger partial charge in [-0.1, -0.05) is 37.3 Å². The van der Waals surface area contributed by atoms with Crippen molar-refractivity contribution in [2.75, 3.05) is 39.4 Å². The predicted octanol–water partition coefficient (Wildman–Crippen LogP) is 3.79. The van der Waals surface area contributed by atoms with Crippen LogP contribution in [0, 0.1) is 5.92 Å². The first-order valence-corrected chi connectivity index (χ1v) is 13.5. The largest absolute Gasteiger partial charge is 0.379 e. The number of piperidine rings is 1. The lowest BCUT2D eigenvalue weighted by Crippen LogP contribution is -2.49. The molecule has 0 N–H and O–H groups in total. The van der Waals surface area contributed by atoms with E-state index < -0.39 is 0 Å². The van der Waals surface area contributed by atoms with Crippen LogP contribution in [0.15, 0.2) is 40.6 Å². The Hall–Kier alpha value is -2.13. The second-order valence-corrected chi connectivity index (χ2v) is 10.4. The Morgan fingerprint density at radius 3 is 2.53 bits per heavy atom. The van der Waals surface area contributed by atoms with Gasteiger partial charge in [-0.25, -0.2) is 9.97 Å². The molecule has 4 heterocycles. The third-order valence-corrected chi connectivity index (χ3v) is 8.39. The molecule has 7 nitrogen and oxygen atoms in total. The molecule has 2 aliphatic rings. The van der Waals surface area contributed by atoms with E-state index in [0.717, 1.165) is 62.0 Å². The molecule has 34 heavy (non-hydrogen) atoms. The lowest BCUT2D eigenvalue weighted by atomic mass is 9.88. The first-order chi connectivity index (χ1) is 16.7. The molecule has 0 saturated carbocycles. The summed E-state index contributed by atoms with van der Waals surface area (Å²) in [6.45, 7) is 11.0. The van der Waals surface area contributed by atoms with Crippen LogP contribution in [-0.4, -0.2) is 69.8 Å². The van der Waals surface area contributed by atoms with Gasteiger partial charge in [0.25, 0.3) is 5.56 Å². The van der Waals surface area contributed by atoms with Crippen LogP contribution in [0.25, 0.3) is 10.3 Å². The minimum atomic E-state index is -0.0284. The first-order valence-electron chi connectivity index (χ1n) is 12.6. The Morgan fingerprint density at radius 1 is 1.09 bits per heavy atom. The Labute approximate surface area is 205 Å². The van der Waals surface area contributed by atoms with Gasteiger partial charge in [0.2, 0.25) is 0 Å². The third kappa shape index (κ3) is 4.82. The highest BCUT2D eigenvalue weighted by atomic mass is 32.1. The van der Waals surface area contributed by atoms with Crippen LogP contribution >= 0.6 is 11.3 Å². The molecule has 2 aliphatic heterocycles. The number of benzene rings is 1. The number of thiazole rings is 1. The molecule has 8 heteroatoms. The number of fused-ring (bicyclic) bond motifs is 1. The lowest BCUT2D eigenvalue weighted by Gasteiger charge is -2.43. The average molecular weight is 482 g/mol. The molecular weight excluding hydrogens is 446 g/mol. The van der Waals surface area contributed by atoms with Crippen molar-refractivity contribution < 1.29 is 4.74 Å². The molecule has 182 valence electrons. The zero-order chi connectivity index (χ0) is 23.5. The summed E-state index contributed by atoms with van der Waals surface area (Å²) in [5, 5.41) is 0. The van der Waals surface area contributed by atoms with E-state index in [9.17, 15) is 4.79 Å². The van der Waals surface area contributed by atoms with Gasteiger partial charge in [-0.3, -0.25) is 19.2 Å². The van der Waals surface area contributed by atoms with Gasteiger partial charge in [-0.05, 0) is 50.8 Å². The predicted molar refractivity (Wildman–Crippen MR) is 136 cm³/mol. The van der Waals surface area contributed by atoms with E-state index in [4.69, 9.17) is 9.72 Å². The fraction of sp³-hybridized carbons (Fsp3) is 0.577. The van der Waals surface area contributed by atoms with Crippen molar-refractivity contribution in [2.45, 2.75) is 51.7 Å². The first kappa shape index (κ1) is 23.6. The minimum Gasteiger partial charge on any atom is -0.379 e. The number of hydrogen-bond acceptors (Lipinski definition) is 7. The number of hydrogen-bond donors (Lipinski definition) is 0. The Kier molecular flexibility index (Phi) is 7.39. The van der Waals surface area contributed by atoms with Crippen LogP contribution in [0.1, 0.15) is 50.5 Å². The van der Waals surface area contributed by atoms with Crippen LogP contribution in [0.5, 0.6) is 0 Å². The van der Waals surface area contributed by atoms with Gasteiger partial charge in [0.15, 0.2) is 10.3 Å². The van der Waals surface area contributed by atoms with E-state index in [-0.39, 0.29) is 11.6 Å². The summed E-state index contributed by atoms with van der Waals surface area (Å²) < 4.78 is 7.42. The molecule has 1 aromatic carbocycles. The Morgan fingerprint density at radius 2 is 1.82 bits per heavy atom. The molecule has 2 fully saturated rings. The van der Waals surface area contributed by atoms with Crippen molar-refractivity contribution in [3.05, 3.63) is 57.6 Å². The zero-order valence-electron chi connectivity index (χ0n) is 20.2. The van der Waals surface area contributed by atoms with Crippen molar-refractivity contribution in [1.82, 2.24) is 24.3 Å². The Balaban J connectivity index is 1.38. The third-order valence-electron chi connectivity index (χ3n) is 7.68. The van der Waals surface area contributed by atoms with Gasteiger partial charge >= 0.3 is 0 Å². The maximum absolute atomic E-state index is 13.5. The molecule has 0 bridgehead atoms. The van der Waals surface area contributed by atoms with E-state index in [1.54, 1.807) is 5.51 Å². The number of likely N-dealkylation sites (tertiary alicyclic amines) is 1. The van der Waals surface area contributed by atoms with Gasteiger partial charge in [0, 0.05) is 19.1 Å². The molecule has 2 saturated heterocycles. The standard InChI is InChI=1S/C26H35N5O2S/c1-3-22(30-11-9-21(10-12-30)19(2)29-13-15-33-16-14-29)24-28-25-23(27-18-34-25)26(32)31(24)17-20-7-5-4-6-8-20/h4-8,18-19,21-22H,3,9-17H2,1-2H3. The molecule has 2 unspecified atom stereocenters. The van der Waals surface area contributed by atoms with E-state index >= 15 is 0 Å². The van der Waals surface area contributed by atoms with Gasteiger partial charge < -0.3 is 4.74 Å². The monoisotopic (exact) mass is 481 g/mol. The molecule has 2 atom stereocenters. The summed E-state index contributed by atoms with van der Waals surface area (Å²) in [4.78, 5) is 28.7.